The van der Waals surface area contributed by atoms with E-state index in [1.807, 2.05) is 13.8 Å². The van der Waals surface area contributed by atoms with Crippen molar-refractivity contribution in [3.63, 3.8) is 0 Å². The molecule has 1 aromatic carbocycles. The van der Waals surface area contributed by atoms with Gasteiger partial charge in [0.25, 0.3) is 0 Å². The van der Waals surface area contributed by atoms with Gasteiger partial charge in [0.1, 0.15) is 11.6 Å². The zero-order valence-electron chi connectivity index (χ0n) is 13.1. The average molecular weight is 283 g/mol. The van der Waals surface area contributed by atoms with E-state index in [9.17, 15) is 4.39 Å². The summed E-state index contributed by atoms with van der Waals surface area (Å²) in [5, 5.41) is 3.40. The molecule has 2 unspecified atom stereocenters. The van der Waals surface area contributed by atoms with Crippen LogP contribution in [0.1, 0.15) is 39.3 Å². The number of hydrogen-bond donors (Lipinski definition) is 1. The fourth-order valence-corrected chi connectivity index (χ4v) is 2.44. The largest absolute Gasteiger partial charge is 0.496 e. The van der Waals surface area contributed by atoms with Crippen LogP contribution in [-0.4, -0.2) is 26.4 Å². The molecule has 0 radical (unpaired) electrons. The maximum absolute atomic E-state index is 13.6. The molecule has 0 amide bonds. The Kier molecular flexibility index (Phi) is 6.96. The standard InChI is InChI=1S/C16H26FNO2/c1-6-18-15(16(11(3)4)20-7-2)13-10-12(17)8-9-14(13)19-5/h8-11,15-16,18H,6-7H2,1-5H3. The lowest BCUT2D eigenvalue weighted by molar-refractivity contribution is 0.00260. The molecule has 20 heavy (non-hydrogen) atoms. The van der Waals surface area contributed by atoms with Crippen molar-refractivity contribution in [2.24, 2.45) is 5.92 Å². The van der Waals surface area contributed by atoms with Crippen LogP contribution in [0, 0.1) is 11.7 Å². The molecule has 0 aliphatic carbocycles. The Morgan fingerprint density at radius 3 is 2.45 bits per heavy atom. The van der Waals surface area contributed by atoms with Crippen LogP contribution in [0.2, 0.25) is 0 Å². The zero-order valence-corrected chi connectivity index (χ0v) is 13.1. The van der Waals surface area contributed by atoms with Crippen LogP contribution in [0.15, 0.2) is 18.2 Å². The van der Waals surface area contributed by atoms with Crippen molar-refractivity contribution < 1.29 is 13.9 Å². The highest BCUT2D eigenvalue weighted by molar-refractivity contribution is 5.37. The number of rotatable bonds is 8. The molecule has 0 spiro atoms. The van der Waals surface area contributed by atoms with Gasteiger partial charge in [0, 0.05) is 12.2 Å². The number of benzene rings is 1. The van der Waals surface area contributed by atoms with Crippen molar-refractivity contribution in [1.29, 1.82) is 0 Å². The quantitative estimate of drug-likeness (QED) is 0.791. The minimum absolute atomic E-state index is 0.0318. The second kappa shape index (κ2) is 8.22. The first-order valence-corrected chi connectivity index (χ1v) is 7.23. The van der Waals surface area contributed by atoms with Crippen molar-refractivity contribution in [3.05, 3.63) is 29.6 Å². The van der Waals surface area contributed by atoms with Crippen LogP contribution in [0.5, 0.6) is 5.75 Å². The molecule has 0 aliphatic heterocycles. The van der Waals surface area contributed by atoms with E-state index in [4.69, 9.17) is 9.47 Å². The molecule has 114 valence electrons. The van der Waals surface area contributed by atoms with Gasteiger partial charge < -0.3 is 14.8 Å². The first-order valence-electron chi connectivity index (χ1n) is 7.23. The van der Waals surface area contributed by atoms with E-state index in [0.717, 1.165) is 12.1 Å². The molecule has 0 aliphatic rings. The van der Waals surface area contributed by atoms with Gasteiger partial charge in [-0.2, -0.15) is 0 Å². The van der Waals surface area contributed by atoms with Crippen LogP contribution in [0.25, 0.3) is 0 Å². The SMILES string of the molecule is CCNC(c1cc(F)ccc1OC)C(OCC)C(C)C. The minimum atomic E-state index is -0.261. The monoisotopic (exact) mass is 283 g/mol. The lowest BCUT2D eigenvalue weighted by Gasteiger charge is -2.31. The topological polar surface area (TPSA) is 30.5 Å². The van der Waals surface area contributed by atoms with Gasteiger partial charge in [-0.1, -0.05) is 20.8 Å². The van der Waals surface area contributed by atoms with Gasteiger partial charge in [-0.15, -0.1) is 0 Å². The Labute approximate surface area is 121 Å². The van der Waals surface area contributed by atoms with E-state index >= 15 is 0 Å². The van der Waals surface area contributed by atoms with Crippen LogP contribution < -0.4 is 10.1 Å². The summed E-state index contributed by atoms with van der Waals surface area (Å²) in [5.74, 6) is 0.734. The number of hydrogen-bond acceptors (Lipinski definition) is 3. The number of likely N-dealkylation sites (N-methyl/N-ethyl adjacent to an activating group) is 1. The molecule has 0 saturated carbocycles. The summed E-state index contributed by atoms with van der Waals surface area (Å²) in [4.78, 5) is 0. The second-order valence-corrected chi connectivity index (χ2v) is 5.09. The van der Waals surface area contributed by atoms with E-state index in [2.05, 4.69) is 19.2 Å². The number of halogens is 1. The van der Waals surface area contributed by atoms with Crippen molar-refractivity contribution in [2.45, 2.75) is 39.8 Å². The maximum Gasteiger partial charge on any atom is 0.123 e. The lowest BCUT2D eigenvalue weighted by Crippen LogP contribution is -2.37. The van der Waals surface area contributed by atoms with Gasteiger partial charge >= 0.3 is 0 Å². The summed E-state index contributed by atoms with van der Waals surface area (Å²) in [7, 11) is 1.60. The van der Waals surface area contributed by atoms with Crippen molar-refractivity contribution in [1.82, 2.24) is 5.32 Å². The molecule has 0 fully saturated rings. The molecule has 3 nitrogen and oxygen atoms in total. The van der Waals surface area contributed by atoms with Gasteiger partial charge in [-0.25, -0.2) is 4.39 Å². The van der Waals surface area contributed by atoms with Crippen LogP contribution in [-0.2, 0) is 4.74 Å². The molecule has 0 heterocycles. The fraction of sp³-hybridized carbons (Fsp3) is 0.625. The van der Waals surface area contributed by atoms with Crippen molar-refractivity contribution in [3.8, 4) is 5.75 Å². The minimum Gasteiger partial charge on any atom is -0.496 e. The summed E-state index contributed by atoms with van der Waals surface area (Å²) < 4.78 is 24.9. The molecular formula is C16H26FNO2. The fourth-order valence-electron chi connectivity index (χ4n) is 2.44. The van der Waals surface area contributed by atoms with Gasteiger partial charge in [-0.3, -0.25) is 0 Å². The van der Waals surface area contributed by atoms with Crippen LogP contribution in [0.4, 0.5) is 4.39 Å². The number of nitrogens with one attached hydrogen (secondary N) is 1. The molecule has 4 heteroatoms. The Balaban J connectivity index is 3.20. The Bertz CT molecular complexity index is 409. The molecular weight excluding hydrogens is 257 g/mol. The third kappa shape index (κ3) is 4.18. The maximum atomic E-state index is 13.6. The normalized spacial score (nSPS) is 14.3. The predicted octanol–water partition coefficient (Wildman–Crippen LogP) is 3.55. The Morgan fingerprint density at radius 1 is 1.25 bits per heavy atom. The summed E-state index contributed by atoms with van der Waals surface area (Å²) >= 11 is 0. The smallest absolute Gasteiger partial charge is 0.123 e. The Morgan fingerprint density at radius 2 is 1.95 bits per heavy atom. The summed E-state index contributed by atoms with van der Waals surface area (Å²) in [6.45, 7) is 9.62. The molecule has 1 rings (SSSR count). The van der Waals surface area contributed by atoms with Gasteiger partial charge in [0.05, 0.1) is 19.3 Å². The molecule has 2 atom stereocenters. The second-order valence-electron chi connectivity index (χ2n) is 5.09. The highest BCUT2D eigenvalue weighted by Gasteiger charge is 2.28. The first kappa shape index (κ1) is 16.9. The predicted molar refractivity (Wildman–Crippen MR) is 79.6 cm³/mol. The van der Waals surface area contributed by atoms with E-state index < -0.39 is 0 Å². The zero-order chi connectivity index (χ0) is 15.1. The number of ether oxygens (including phenoxy) is 2. The highest BCUT2D eigenvalue weighted by Crippen LogP contribution is 2.32. The molecule has 1 N–H and O–H groups in total. The third-order valence-corrected chi connectivity index (χ3v) is 3.30. The van der Waals surface area contributed by atoms with E-state index in [-0.39, 0.29) is 18.0 Å². The van der Waals surface area contributed by atoms with Crippen LogP contribution >= 0.6 is 0 Å². The summed E-state index contributed by atoms with van der Waals surface area (Å²) in [6, 6.07) is 4.51. The lowest BCUT2D eigenvalue weighted by atomic mass is 9.92. The Hall–Kier alpha value is -1.13. The molecule has 0 bridgehead atoms. The average Bonchev–Trinajstić information content (AvgIpc) is 2.42. The third-order valence-electron chi connectivity index (χ3n) is 3.30. The van der Waals surface area contributed by atoms with E-state index in [0.29, 0.717) is 18.3 Å². The highest BCUT2D eigenvalue weighted by atomic mass is 19.1. The molecule has 0 aromatic heterocycles. The van der Waals surface area contributed by atoms with E-state index in [1.54, 1.807) is 13.2 Å². The van der Waals surface area contributed by atoms with Gasteiger partial charge in [0.15, 0.2) is 0 Å². The van der Waals surface area contributed by atoms with Gasteiger partial charge in [0.2, 0.25) is 0 Å². The summed E-state index contributed by atoms with van der Waals surface area (Å²) in [6.07, 6.45) is -0.0318. The number of methoxy groups -OCH3 is 1. The van der Waals surface area contributed by atoms with Crippen molar-refractivity contribution >= 4 is 0 Å². The first-order chi connectivity index (χ1) is 9.54. The van der Waals surface area contributed by atoms with Crippen LogP contribution in [0.3, 0.4) is 0 Å². The van der Waals surface area contributed by atoms with Gasteiger partial charge in [-0.05, 0) is 37.6 Å². The van der Waals surface area contributed by atoms with E-state index in [1.165, 1.54) is 12.1 Å². The summed E-state index contributed by atoms with van der Waals surface area (Å²) in [5.41, 5.74) is 0.807. The van der Waals surface area contributed by atoms with Crippen molar-refractivity contribution in [2.75, 3.05) is 20.3 Å². The molecule has 1 aromatic rings. The molecule has 0 saturated heterocycles.